The van der Waals surface area contributed by atoms with Crippen LogP contribution in [0, 0.1) is 6.92 Å². The van der Waals surface area contributed by atoms with Gasteiger partial charge in [0.2, 0.25) is 0 Å². The van der Waals surface area contributed by atoms with Crippen LogP contribution in [0.4, 0.5) is 0 Å². The van der Waals surface area contributed by atoms with E-state index in [4.69, 9.17) is 4.42 Å². The molecule has 1 atom stereocenters. The standard InChI is InChI=1S/C13H22N2OS/c1-11-12(4-7-16-11)9-15(2)6-3-13-10-17-8-5-14-13/h4,7,13-14H,3,5-6,8-10H2,1-2H3. The number of hydrogen-bond donors (Lipinski definition) is 1. The minimum Gasteiger partial charge on any atom is -0.469 e. The van der Waals surface area contributed by atoms with Crippen LogP contribution in [-0.4, -0.2) is 42.6 Å². The molecule has 1 aliphatic rings. The summed E-state index contributed by atoms with van der Waals surface area (Å²) >= 11 is 2.07. The van der Waals surface area contributed by atoms with Crippen molar-refractivity contribution in [2.75, 3.05) is 31.6 Å². The molecule has 1 aliphatic heterocycles. The molecule has 17 heavy (non-hydrogen) atoms. The summed E-state index contributed by atoms with van der Waals surface area (Å²) in [6, 6.07) is 2.77. The van der Waals surface area contributed by atoms with Crippen LogP contribution in [0.15, 0.2) is 16.7 Å². The highest BCUT2D eigenvalue weighted by Crippen LogP contribution is 2.13. The summed E-state index contributed by atoms with van der Waals surface area (Å²) in [5, 5.41) is 3.58. The summed E-state index contributed by atoms with van der Waals surface area (Å²) in [6.45, 7) is 5.33. The Morgan fingerprint density at radius 1 is 1.59 bits per heavy atom. The second-order valence-electron chi connectivity index (χ2n) is 4.75. The van der Waals surface area contributed by atoms with Crippen molar-refractivity contribution in [2.45, 2.75) is 25.9 Å². The van der Waals surface area contributed by atoms with E-state index in [1.165, 1.54) is 30.0 Å². The zero-order valence-corrected chi connectivity index (χ0v) is 11.6. The van der Waals surface area contributed by atoms with Crippen LogP contribution >= 0.6 is 11.8 Å². The fourth-order valence-corrected chi connectivity index (χ4v) is 3.12. The predicted octanol–water partition coefficient (Wildman–Crippen LogP) is 2.11. The SMILES string of the molecule is Cc1occc1CN(C)CCC1CSCCN1. The molecular formula is C13H22N2OS. The van der Waals surface area contributed by atoms with E-state index >= 15 is 0 Å². The molecular weight excluding hydrogens is 232 g/mol. The lowest BCUT2D eigenvalue weighted by molar-refractivity contribution is 0.303. The highest BCUT2D eigenvalue weighted by molar-refractivity contribution is 7.99. The summed E-state index contributed by atoms with van der Waals surface area (Å²) in [7, 11) is 2.18. The maximum atomic E-state index is 5.32. The highest BCUT2D eigenvalue weighted by atomic mass is 32.2. The van der Waals surface area contributed by atoms with Gasteiger partial charge in [0, 0.05) is 36.2 Å². The lowest BCUT2D eigenvalue weighted by Gasteiger charge is -2.25. The lowest BCUT2D eigenvalue weighted by atomic mass is 10.2. The average Bonchev–Trinajstić information content (AvgIpc) is 2.74. The Balaban J connectivity index is 1.70. The Morgan fingerprint density at radius 3 is 3.12 bits per heavy atom. The minimum atomic E-state index is 0.696. The molecule has 3 nitrogen and oxygen atoms in total. The van der Waals surface area contributed by atoms with Gasteiger partial charge in [0.15, 0.2) is 0 Å². The van der Waals surface area contributed by atoms with E-state index < -0.39 is 0 Å². The first-order valence-electron chi connectivity index (χ1n) is 6.28. The third-order valence-electron chi connectivity index (χ3n) is 3.26. The van der Waals surface area contributed by atoms with E-state index in [-0.39, 0.29) is 0 Å². The van der Waals surface area contributed by atoms with E-state index in [0.29, 0.717) is 6.04 Å². The van der Waals surface area contributed by atoms with Gasteiger partial charge in [0.05, 0.1) is 6.26 Å². The molecule has 1 aromatic heterocycles. The molecule has 0 aromatic carbocycles. The van der Waals surface area contributed by atoms with E-state index in [1.807, 2.05) is 6.92 Å². The summed E-state index contributed by atoms with van der Waals surface area (Å²) < 4.78 is 5.32. The number of nitrogens with one attached hydrogen (secondary N) is 1. The van der Waals surface area contributed by atoms with Gasteiger partial charge in [0.1, 0.15) is 5.76 Å². The molecule has 0 aliphatic carbocycles. The van der Waals surface area contributed by atoms with Gasteiger partial charge in [-0.3, -0.25) is 0 Å². The zero-order valence-electron chi connectivity index (χ0n) is 10.7. The van der Waals surface area contributed by atoms with Gasteiger partial charge in [-0.15, -0.1) is 0 Å². The third kappa shape index (κ3) is 4.05. The van der Waals surface area contributed by atoms with Crippen molar-refractivity contribution in [1.82, 2.24) is 10.2 Å². The second-order valence-corrected chi connectivity index (χ2v) is 5.90. The average molecular weight is 254 g/mol. The molecule has 1 saturated heterocycles. The van der Waals surface area contributed by atoms with Gasteiger partial charge >= 0.3 is 0 Å². The van der Waals surface area contributed by atoms with Gasteiger partial charge in [0.25, 0.3) is 0 Å². The number of nitrogens with zero attached hydrogens (tertiary/aromatic N) is 1. The van der Waals surface area contributed by atoms with Crippen molar-refractivity contribution < 1.29 is 4.42 Å². The van der Waals surface area contributed by atoms with Crippen molar-refractivity contribution in [1.29, 1.82) is 0 Å². The van der Waals surface area contributed by atoms with Crippen LogP contribution in [-0.2, 0) is 6.54 Å². The first-order chi connectivity index (χ1) is 8.25. The fraction of sp³-hybridized carbons (Fsp3) is 0.692. The fourth-order valence-electron chi connectivity index (χ4n) is 2.13. The molecule has 2 rings (SSSR count). The number of furan rings is 1. The molecule has 0 saturated carbocycles. The van der Waals surface area contributed by atoms with E-state index in [1.54, 1.807) is 6.26 Å². The molecule has 0 spiro atoms. The van der Waals surface area contributed by atoms with Gasteiger partial charge in [-0.05, 0) is 33.0 Å². The molecule has 1 fully saturated rings. The Labute approximate surface area is 108 Å². The number of thioether (sulfide) groups is 1. The van der Waals surface area contributed by atoms with Crippen molar-refractivity contribution in [3.8, 4) is 0 Å². The van der Waals surface area contributed by atoms with Gasteiger partial charge < -0.3 is 14.6 Å². The Morgan fingerprint density at radius 2 is 2.47 bits per heavy atom. The molecule has 0 bridgehead atoms. The number of aryl methyl sites for hydroxylation is 1. The molecule has 1 aromatic rings. The van der Waals surface area contributed by atoms with Gasteiger partial charge in [-0.25, -0.2) is 0 Å². The molecule has 2 heterocycles. The lowest BCUT2D eigenvalue weighted by Crippen LogP contribution is -2.39. The summed E-state index contributed by atoms with van der Waals surface area (Å²) in [6.07, 6.45) is 3.01. The van der Waals surface area contributed by atoms with Gasteiger partial charge in [-0.2, -0.15) is 11.8 Å². The topological polar surface area (TPSA) is 28.4 Å². The van der Waals surface area contributed by atoms with Crippen molar-refractivity contribution in [2.24, 2.45) is 0 Å². The van der Waals surface area contributed by atoms with E-state index in [2.05, 4.69) is 35.1 Å². The molecule has 4 heteroatoms. The first-order valence-corrected chi connectivity index (χ1v) is 7.44. The third-order valence-corrected chi connectivity index (χ3v) is 4.40. The first kappa shape index (κ1) is 13.0. The van der Waals surface area contributed by atoms with Crippen molar-refractivity contribution >= 4 is 11.8 Å². The van der Waals surface area contributed by atoms with E-state index in [9.17, 15) is 0 Å². The predicted molar refractivity (Wildman–Crippen MR) is 73.5 cm³/mol. The minimum absolute atomic E-state index is 0.696. The molecule has 1 unspecified atom stereocenters. The van der Waals surface area contributed by atoms with Crippen LogP contribution in [0.1, 0.15) is 17.7 Å². The molecule has 1 N–H and O–H groups in total. The Bertz CT molecular complexity index is 334. The summed E-state index contributed by atoms with van der Waals surface area (Å²) in [5.74, 6) is 3.57. The Kier molecular flexibility index (Phi) is 4.95. The van der Waals surface area contributed by atoms with Crippen LogP contribution in [0.3, 0.4) is 0 Å². The molecule has 0 radical (unpaired) electrons. The Hall–Kier alpha value is -0.450. The molecule has 0 amide bonds. The van der Waals surface area contributed by atoms with Crippen molar-refractivity contribution in [3.05, 3.63) is 23.7 Å². The maximum absolute atomic E-state index is 5.32. The van der Waals surface area contributed by atoms with Crippen LogP contribution in [0.5, 0.6) is 0 Å². The molecule has 96 valence electrons. The largest absolute Gasteiger partial charge is 0.469 e. The summed E-state index contributed by atoms with van der Waals surface area (Å²) in [5.41, 5.74) is 1.30. The second kappa shape index (κ2) is 6.47. The number of hydrogen-bond acceptors (Lipinski definition) is 4. The van der Waals surface area contributed by atoms with Gasteiger partial charge in [-0.1, -0.05) is 0 Å². The maximum Gasteiger partial charge on any atom is 0.105 e. The quantitative estimate of drug-likeness (QED) is 0.871. The van der Waals surface area contributed by atoms with Crippen LogP contribution in [0.2, 0.25) is 0 Å². The smallest absolute Gasteiger partial charge is 0.105 e. The number of rotatable bonds is 5. The highest BCUT2D eigenvalue weighted by Gasteiger charge is 2.13. The zero-order chi connectivity index (χ0) is 12.1. The van der Waals surface area contributed by atoms with E-state index in [0.717, 1.165) is 18.8 Å². The van der Waals surface area contributed by atoms with Crippen LogP contribution < -0.4 is 5.32 Å². The monoisotopic (exact) mass is 254 g/mol. The van der Waals surface area contributed by atoms with Crippen molar-refractivity contribution in [3.63, 3.8) is 0 Å². The summed E-state index contributed by atoms with van der Waals surface area (Å²) in [4.78, 5) is 2.37. The normalized spacial score (nSPS) is 21.0. The van der Waals surface area contributed by atoms with Crippen LogP contribution in [0.25, 0.3) is 0 Å².